The number of amides is 1. The van der Waals surface area contributed by atoms with Crippen LogP contribution in [0.3, 0.4) is 0 Å². The fourth-order valence-electron chi connectivity index (χ4n) is 3.10. The lowest BCUT2D eigenvalue weighted by molar-refractivity contribution is -0.122. The van der Waals surface area contributed by atoms with Gasteiger partial charge in [-0.05, 0) is 37.1 Å². The van der Waals surface area contributed by atoms with Crippen LogP contribution in [0.4, 0.5) is 20.9 Å². The number of hydrogen-bond donors (Lipinski definition) is 2. The lowest BCUT2D eigenvalue weighted by Gasteiger charge is -2.21. The molecule has 144 valence electrons. The van der Waals surface area contributed by atoms with E-state index in [-0.39, 0.29) is 17.6 Å². The van der Waals surface area contributed by atoms with Crippen molar-refractivity contribution >= 4 is 33.8 Å². The summed E-state index contributed by atoms with van der Waals surface area (Å²) in [4.78, 5) is 17.0. The number of aromatic nitrogens is 1. The molecule has 4 rings (SSSR count). The zero-order valence-electron chi connectivity index (χ0n) is 15.2. The Hall–Kier alpha value is -2.77. The van der Waals surface area contributed by atoms with Crippen molar-refractivity contribution in [2.24, 2.45) is 5.92 Å². The molecule has 0 spiro atoms. The fourth-order valence-corrected chi connectivity index (χ4v) is 3.83. The maximum atomic E-state index is 13.8. The van der Waals surface area contributed by atoms with E-state index in [1.165, 1.54) is 17.4 Å². The van der Waals surface area contributed by atoms with Gasteiger partial charge in [0.25, 0.3) is 0 Å². The molecule has 0 saturated carbocycles. The highest BCUT2D eigenvalue weighted by molar-refractivity contribution is 7.14. The van der Waals surface area contributed by atoms with Crippen molar-refractivity contribution in [3.05, 3.63) is 59.7 Å². The van der Waals surface area contributed by atoms with Crippen LogP contribution in [0.1, 0.15) is 12.8 Å². The number of thiazole rings is 1. The summed E-state index contributed by atoms with van der Waals surface area (Å²) in [6.07, 6.45) is 1.51. The normalized spacial score (nSPS) is 14.6. The molecule has 2 N–H and O–H groups in total. The number of nitrogens with one attached hydrogen (secondary N) is 2. The van der Waals surface area contributed by atoms with E-state index in [4.69, 9.17) is 4.74 Å². The number of para-hydroxylation sites is 1. The van der Waals surface area contributed by atoms with Gasteiger partial charge in [0.2, 0.25) is 5.91 Å². The topological polar surface area (TPSA) is 63.2 Å². The molecule has 0 atom stereocenters. The van der Waals surface area contributed by atoms with E-state index in [0.29, 0.717) is 24.0 Å². The lowest BCUT2D eigenvalue weighted by atomic mass is 9.99. The van der Waals surface area contributed by atoms with Crippen LogP contribution >= 0.6 is 11.3 Å². The van der Waals surface area contributed by atoms with Crippen molar-refractivity contribution in [1.82, 2.24) is 4.98 Å². The van der Waals surface area contributed by atoms with E-state index >= 15 is 0 Å². The predicted molar refractivity (Wildman–Crippen MR) is 109 cm³/mol. The van der Waals surface area contributed by atoms with Gasteiger partial charge in [-0.25, -0.2) is 9.37 Å². The minimum atomic E-state index is -0.322. The van der Waals surface area contributed by atoms with Crippen LogP contribution in [0.15, 0.2) is 53.9 Å². The van der Waals surface area contributed by atoms with E-state index in [1.54, 1.807) is 18.2 Å². The first kappa shape index (κ1) is 18.6. The van der Waals surface area contributed by atoms with Crippen molar-refractivity contribution < 1.29 is 13.9 Å². The third-order valence-corrected chi connectivity index (χ3v) is 5.40. The van der Waals surface area contributed by atoms with Gasteiger partial charge in [0.1, 0.15) is 5.82 Å². The zero-order valence-corrected chi connectivity index (χ0v) is 16.0. The maximum absolute atomic E-state index is 13.8. The first-order valence-corrected chi connectivity index (χ1v) is 10.0. The molecular formula is C21H20FN3O2S. The SMILES string of the molecule is O=C(Nc1cccc(-c2csc(Nc3ccccc3F)n2)c1)C1CCOCC1. The van der Waals surface area contributed by atoms with Gasteiger partial charge in [0, 0.05) is 35.8 Å². The number of carbonyl (C=O) groups is 1. The summed E-state index contributed by atoms with van der Waals surface area (Å²) in [7, 11) is 0. The maximum Gasteiger partial charge on any atom is 0.227 e. The van der Waals surface area contributed by atoms with Crippen LogP contribution in [0.25, 0.3) is 11.3 Å². The fraction of sp³-hybridized carbons (Fsp3) is 0.238. The Balaban J connectivity index is 1.46. The predicted octanol–water partition coefficient (Wildman–Crippen LogP) is 5.06. The minimum Gasteiger partial charge on any atom is -0.381 e. The first-order valence-electron chi connectivity index (χ1n) is 9.15. The molecule has 28 heavy (non-hydrogen) atoms. The highest BCUT2D eigenvalue weighted by Gasteiger charge is 2.21. The summed E-state index contributed by atoms with van der Waals surface area (Å²) in [5, 5.41) is 8.51. The average molecular weight is 397 g/mol. The summed E-state index contributed by atoms with van der Waals surface area (Å²) < 4.78 is 19.1. The molecule has 1 aromatic heterocycles. The van der Waals surface area contributed by atoms with Crippen LogP contribution in [0.2, 0.25) is 0 Å². The Labute approximate surface area is 166 Å². The van der Waals surface area contributed by atoms with E-state index in [0.717, 1.165) is 29.8 Å². The molecule has 1 aliphatic rings. The van der Waals surface area contributed by atoms with E-state index in [2.05, 4.69) is 15.6 Å². The Kier molecular flexibility index (Phi) is 5.64. The summed E-state index contributed by atoms with van der Waals surface area (Å²) >= 11 is 1.40. The molecule has 0 unspecified atom stereocenters. The van der Waals surface area contributed by atoms with Crippen molar-refractivity contribution in [3.8, 4) is 11.3 Å². The highest BCUT2D eigenvalue weighted by Crippen LogP contribution is 2.29. The quantitative estimate of drug-likeness (QED) is 0.632. The van der Waals surface area contributed by atoms with Crippen LogP contribution in [-0.4, -0.2) is 24.1 Å². The highest BCUT2D eigenvalue weighted by atomic mass is 32.1. The van der Waals surface area contributed by atoms with Gasteiger partial charge < -0.3 is 15.4 Å². The molecule has 7 heteroatoms. The van der Waals surface area contributed by atoms with E-state index in [9.17, 15) is 9.18 Å². The molecule has 0 bridgehead atoms. The molecule has 1 fully saturated rings. The van der Waals surface area contributed by atoms with Crippen LogP contribution in [-0.2, 0) is 9.53 Å². The molecule has 1 aliphatic heterocycles. The van der Waals surface area contributed by atoms with Crippen molar-refractivity contribution in [2.45, 2.75) is 12.8 Å². The number of rotatable bonds is 5. The van der Waals surface area contributed by atoms with Gasteiger partial charge in [-0.3, -0.25) is 4.79 Å². The third-order valence-electron chi connectivity index (χ3n) is 4.64. The van der Waals surface area contributed by atoms with E-state index < -0.39 is 0 Å². The van der Waals surface area contributed by atoms with Crippen molar-refractivity contribution in [3.63, 3.8) is 0 Å². The lowest BCUT2D eigenvalue weighted by Crippen LogP contribution is -2.28. The monoisotopic (exact) mass is 397 g/mol. The number of ether oxygens (including phenoxy) is 1. The summed E-state index contributed by atoms with van der Waals surface area (Å²) in [6, 6.07) is 14.1. The van der Waals surface area contributed by atoms with Gasteiger partial charge in [-0.2, -0.15) is 0 Å². The smallest absolute Gasteiger partial charge is 0.227 e. The average Bonchev–Trinajstić information content (AvgIpc) is 3.19. The molecule has 3 aromatic rings. The summed E-state index contributed by atoms with van der Waals surface area (Å²) in [6.45, 7) is 1.27. The second-order valence-electron chi connectivity index (χ2n) is 6.60. The molecule has 0 radical (unpaired) electrons. The molecule has 2 heterocycles. The number of benzene rings is 2. The van der Waals surface area contributed by atoms with E-state index in [1.807, 2.05) is 29.6 Å². The van der Waals surface area contributed by atoms with Gasteiger partial charge in [0.15, 0.2) is 5.13 Å². The van der Waals surface area contributed by atoms with Crippen LogP contribution in [0, 0.1) is 11.7 Å². The van der Waals surface area contributed by atoms with Crippen LogP contribution in [0.5, 0.6) is 0 Å². The van der Waals surface area contributed by atoms with Gasteiger partial charge in [0.05, 0.1) is 11.4 Å². The molecule has 0 aliphatic carbocycles. The second kappa shape index (κ2) is 8.50. The molecule has 2 aromatic carbocycles. The summed E-state index contributed by atoms with van der Waals surface area (Å²) in [5.74, 6) is -0.300. The largest absolute Gasteiger partial charge is 0.381 e. The van der Waals surface area contributed by atoms with Crippen LogP contribution < -0.4 is 10.6 Å². The number of halogens is 1. The Bertz CT molecular complexity index is 970. The molecule has 5 nitrogen and oxygen atoms in total. The number of nitrogens with zero attached hydrogens (tertiary/aromatic N) is 1. The number of anilines is 3. The number of carbonyl (C=O) groups excluding carboxylic acids is 1. The van der Waals surface area contributed by atoms with Gasteiger partial charge >= 0.3 is 0 Å². The van der Waals surface area contributed by atoms with Gasteiger partial charge in [-0.1, -0.05) is 24.3 Å². The first-order chi connectivity index (χ1) is 13.7. The summed E-state index contributed by atoms with van der Waals surface area (Å²) in [5.41, 5.74) is 2.79. The Morgan fingerprint density at radius 2 is 1.96 bits per heavy atom. The molecular weight excluding hydrogens is 377 g/mol. The molecule has 1 amide bonds. The third kappa shape index (κ3) is 4.37. The Morgan fingerprint density at radius 3 is 2.79 bits per heavy atom. The van der Waals surface area contributed by atoms with Crippen molar-refractivity contribution in [2.75, 3.05) is 23.8 Å². The standard InChI is InChI=1S/C21H20FN3O2S/c22-17-6-1-2-7-18(17)24-21-25-19(13-28-21)15-4-3-5-16(12-15)23-20(26)14-8-10-27-11-9-14/h1-7,12-14H,8-11H2,(H,23,26)(H,24,25). The Morgan fingerprint density at radius 1 is 1.14 bits per heavy atom. The number of hydrogen-bond acceptors (Lipinski definition) is 5. The molecule has 1 saturated heterocycles. The second-order valence-corrected chi connectivity index (χ2v) is 7.46. The van der Waals surface area contributed by atoms with Crippen molar-refractivity contribution in [1.29, 1.82) is 0 Å². The zero-order chi connectivity index (χ0) is 19.3. The van der Waals surface area contributed by atoms with Gasteiger partial charge in [-0.15, -0.1) is 11.3 Å². The minimum absolute atomic E-state index is 0.00625.